The van der Waals surface area contributed by atoms with Gasteiger partial charge in [0.2, 0.25) is 5.91 Å². The maximum absolute atomic E-state index is 13.2. The average Bonchev–Trinajstić information content (AvgIpc) is 3.21. The molecule has 0 saturated heterocycles. The van der Waals surface area contributed by atoms with Gasteiger partial charge >= 0.3 is 0 Å². The first-order chi connectivity index (χ1) is 12.5. The van der Waals surface area contributed by atoms with Crippen molar-refractivity contribution in [3.05, 3.63) is 58.9 Å². The van der Waals surface area contributed by atoms with Crippen LogP contribution in [0.3, 0.4) is 0 Å². The molecule has 0 atom stereocenters. The number of carbonyl (C=O) groups excluding carboxylic acids is 1. The van der Waals surface area contributed by atoms with Crippen molar-refractivity contribution < 1.29 is 9.18 Å². The molecule has 8 heteroatoms. The summed E-state index contributed by atoms with van der Waals surface area (Å²) in [5.74, 6) is -0.354. The van der Waals surface area contributed by atoms with Crippen molar-refractivity contribution in [3.8, 4) is 5.69 Å². The molecule has 2 aromatic heterocycles. The summed E-state index contributed by atoms with van der Waals surface area (Å²) < 4.78 is 16.5. The molecule has 134 valence electrons. The molecule has 26 heavy (non-hydrogen) atoms. The molecule has 3 aromatic rings. The minimum atomic E-state index is -0.292. The summed E-state index contributed by atoms with van der Waals surface area (Å²) >= 11 is 6.01. The second-order valence-electron chi connectivity index (χ2n) is 6.25. The van der Waals surface area contributed by atoms with E-state index < -0.39 is 0 Å². The van der Waals surface area contributed by atoms with Gasteiger partial charge in [-0.1, -0.05) is 11.6 Å². The first-order valence-corrected chi connectivity index (χ1v) is 8.73. The van der Waals surface area contributed by atoms with E-state index in [1.165, 1.54) is 12.1 Å². The molecule has 1 aliphatic heterocycles. The molecule has 0 fully saturated rings. The molecule has 0 spiro atoms. The Hall–Kier alpha value is -2.67. The molecule has 0 aliphatic carbocycles. The number of benzene rings is 1. The number of anilines is 1. The zero-order chi connectivity index (χ0) is 18.3. The summed E-state index contributed by atoms with van der Waals surface area (Å²) in [5.41, 5.74) is 3.28. The van der Waals surface area contributed by atoms with Crippen molar-refractivity contribution in [2.45, 2.75) is 26.3 Å². The number of amides is 1. The van der Waals surface area contributed by atoms with Crippen LogP contribution < -0.4 is 4.90 Å². The zero-order valence-electron chi connectivity index (χ0n) is 14.2. The molecule has 6 nitrogen and oxygen atoms in total. The Morgan fingerprint density at radius 1 is 1.23 bits per heavy atom. The van der Waals surface area contributed by atoms with Gasteiger partial charge in [0, 0.05) is 6.54 Å². The van der Waals surface area contributed by atoms with Crippen LogP contribution in [-0.2, 0) is 17.8 Å². The van der Waals surface area contributed by atoms with E-state index in [9.17, 15) is 9.18 Å². The highest BCUT2D eigenvalue weighted by atomic mass is 35.5. The zero-order valence-corrected chi connectivity index (χ0v) is 14.9. The lowest BCUT2D eigenvalue weighted by Crippen LogP contribution is -2.38. The first-order valence-electron chi connectivity index (χ1n) is 8.35. The molecule has 3 heterocycles. The van der Waals surface area contributed by atoms with Crippen molar-refractivity contribution >= 4 is 23.2 Å². The fourth-order valence-corrected chi connectivity index (χ4v) is 3.35. The highest BCUT2D eigenvalue weighted by Gasteiger charge is 2.27. The van der Waals surface area contributed by atoms with Crippen molar-refractivity contribution in [1.82, 2.24) is 19.6 Å². The summed E-state index contributed by atoms with van der Waals surface area (Å²) in [6.07, 6.45) is 4.88. The molecule has 0 N–H and O–H groups in total. The third-order valence-corrected chi connectivity index (χ3v) is 5.00. The Morgan fingerprint density at radius 2 is 2.00 bits per heavy atom. The standard InChI is InChI=1S/C18H17ClFN5O/c1-12-15(19)9-21-24(12)11-18(26)23-8-2-3-16-17(23)10-22-25(16)14-6-4-13(20)5-7-14/h4-7,9-10H,2-3,8,11H2,1H3. The Balaban J connectivity index is 1.62. The van der Waals surface area contributed by atoms with E-state index in [0.717, 1.165) is 35.6 Å². The first kappa shape index (κ1) is 16.8. The van der Waals surface area contributed by atoms with E-state index in [0.29, 0.717) is 11.6 Å². The lowest BCUT2D eigenvalue weighted by molar-refractivity contribution is -0.119. The number of fused-ring (bicyclic) bond motifs is 1. The molecule has 1 aromatic carbocycles. The van der Waals surface area contributed by atoms with Crippen LogP contribution in [-0.4, -0.2) is 32.0 Å². The number of nitrogens with zero attached hydrogens (tertiary/aromatic N) is 5. The maximum Gasteiger partial charge on any atom is 0.248 e. The highest BCUT2D eigenvalue weighted by Crippen LogP contribution is 2.29. The quantitative estimate of drug-likeness (QED) is 0.708. The topological polar surface area (TPSA) is 56.0 Å². The predicted octanol–water partition coefficient (Wildman–Crippen LogP) is 3.15. The summed E-state index contributed by atoms with van der Waals surface area (Å²) in [6, 6.07) is 6.16. The van der Waals surface area contributed by atoms with E-state index >= 15 is 0 Å². The number of hydrogen-bond acceptors (Lipinski definition) is 3. The predicted molar refractivity (Wildman–Crippen MR) is 96.2 cm³/mol. The van der Waals surface area contributed by atoms with Gasteiger partial charge in [-0.15, -0.1) is 0 Å². The summed E-state index contributed by atoms with van der Waals surface area (Å²) in [5, 5.41) is 9.11. The van der Waals surface area contributed by atoms with Crippen molar-refractivity contribution in [2.24, 2.45) is 0 Å². The average molecular weight is 374 g/mol. The van der Waals surface area contributed by atoms with Gasteiger partial charge in [-0.25, -0.2) is 9.07 Å². The smallest absolute Gasteiger partial charge is 0.248 e. The summed E-state index contributed by atoms with van der Waals surface area (Å²) in [7, 11) is 0. The van der Waals surface area contributed by atoms with Gasteiger partial charge in [-0.2, -0.15) is 10.2 Å². The Kier molecular flexibility index (Phi) is 4.24. The van der Waals surface area contributed by atoms with Gasteiger partial charge in [0.25, 0.3) is 0 Å². The van der Waals surface area contributed by atoms with E-state index in [1.54, 1.807) is 38.8 Å². The third kappa shape index (κ3) is 2.88. The van der Waals surface area contributed by atoms with Crippen molar-refractivity contribution in [3.63, 3.8) is 0 Å². The van der Waals surface area contributed by atoms with Gasteiger partial charge in [-0.3, -0.25) is 9.48 Å². The monoisotopic (exact) mass is 373 g/mol. The Morgan fingerprint density at radius 3 is 2.69 bits per heavy atom. The Labute approximate surface area is 154 Å². The minimum absolute atomic E-state index is 0.0625. The van der Waals surface area contributed by atoms with Crippen LogP contribution in [0.1, 0.15) is 17.8 Å². The fraction of sp³-hybridized carbons (Fsp3) is 0.278. The maximum atomic E-state index is 13.2. The van der Waals surface area contributed by atoms with Crippen LogP contribution in [0.2, 0.25) is 5.02 Å². The van der Waals surface area contributed by atoms with E-state index in [-0.39, 0.29) is 18.3 Å². The Bertz CT molecular complexity index is 963. The molecule has 1 aliphatic rings. The largest absolute Gasteiger partial charge is 0.308 e. The van der Waals surface area contributed by atoms with Gasteiger partial charge in [0.15, 0.2) is 0 Å². The van der Waals surface area contributed by atoms with Crippen LogP contribution in [0.4, 0.5) is 10.1 Å². The molecule has 4 rings (SSSR count). The van der Waals surface area contributed by atoms with Gasteiger partial charge in [0.05, 0.1) is 40.2 Å². The van der Waals surface area contributed by atoms with Gasteiger partial charge in [-0.05, 0) is 44.0 Å². The number of rotatable bonds is 3. The van der Waals surface area contributed by atoms with Crippen LogP contribution in [0.15, 0.2) is 36.7 Å². The SMILES string of the molecule is Cc1c(Cl)cnn1CC(=O)N1CCCc2c1cnn2-c1ccc(F)cc1. The normalized spacial score (nSPS) is 13.7. The lowest BCUT2D eigenvalue weighted by Gasteiger charge is -2.27. The van der Waals surface area contributed by atoms with E-state index in [2.05, 4.69) is 10.2 Å². The molecule has 0 saturated carbocycles. The number of halogens is 2. The number of hydrogen-bond donors (Lipinski definition) is 0. The number of carbonyl (C=O) groups is 1. The number of aromatic nitrogens is 4. The second-order valence-corrected chi connectivity index (χ2v) is 6.66. The third-order valence-electron chi connectivity index (χ3n) is 4.63. The second kappa shape index (κ2) is 6.57. The summed E-state index contributed by atoms with van der Waals surface area (Å²) in [6.45, 7) is 2.59. The van der Waals surface area contributed by atoms with Crippen molar-refractivity contribution in [2.75, 3.05) is 11.4 Å². The highest BCUT2D eigenvalue weighted by molar-refractivity contribution is 6.31. The fourth-order valence-electron chi connectivity index (χ4n) is 3.21. The van der Waals surface area contributed by atoms with Crippen LogP contribution >= 0.6 is 11.6 Å². The summed E-state index contributed by atoms with van der Waals surface area (Å²) in [4.78, 5) is 14.6. The minimum Gasteiger partial charge on any atom is -0.308 e. The van der Waals surface area contributed by atoms with Crippen LogP contribution in [0, 0.1) is 12.7 Å². The molecular formula is C18H17ClFN5O. The molecule has 0 bridgehead atoms. The van der Waals surface area contributed by atoms with Gasteiger partial charge < -0.3 is 4.90 Å². The van der Waals surface area contributed by atoms with E-state index in [4.69, 9.17) is 11.6 Å². The molecular weight excluding hydrogens is 357 g/mol. The molecule has 0 unspecified atom stereocenters. The van der Waals surface area contributed by atoms with Crippen molar-refractivity contribution in [1.29, 1.82) is 0 Å². The van der Waals surface area contributed by atoms with Crippen LogP contribution in [0.5, 0.6) is 0 Å². The van der Waals surface area contributed by atoms with Gasteiger partial charge in [0.1, 0.15) is 12.4 Å². The lowest BCUT2D eigenvalue weighted by atomic mass is 10.1. The molecule has 1 amide bonds. The molecule has 0 radical (unpaired) electrons. The van der Waals surface area contributed by atoms with E-state index in [1.807, 2.05) is 6.92 Å². The van der Waals surface area contributed by atoms with Crippen LogP contribution in [0.25, 0.3) is 5.69 Å².